The van der Waals surface area contributed by atoms with Crippen molar-refractivity contribution < 1.29 is 28.5 Å². The number of amides is 2. The SMILES string of the molecule is CC(C)(C)OC(=O)N1CC[C@@H]1COc1cnc[c]([Sn]([CH3])([CH3])[CH3])c1.CC(C)(C)OC(=O)N1CC[C@@H]1COc1cncc(Br)c1. The van der Waals surface area contributed by atoms with E-state index in [0.717, 1.165) is 36.2 Å². The number of carbonyl (C=O) groups is 2. The van der Waals surface area contributed by atoms with E-state index in [9.17, 15) is 9.59 Å². The standard InChI is InChI=1S/C14H19BrN2O3.C14H19N2O3.3CH3.Sn/c1-14(2,3)20-13(18)17-5-4-11(17)9-19-12-6-10(15)7-16-8-12;1-14(2,3)19-13(17)16-8-6-11(16)10-18-12-5-4-7-15-9-12;;;;/h6-8,11H,4-5,9H2,1-3H3;5,7,9,11H,6,8,10H2,1-3H3;3*1H3;/t2*11-;;;;/m11..../s1. The fourth-order valence-electron chi connectivity index (χ4n) is 4.11. The second-order valence-corrected chi connectivity index (χ2v) is 29.3. The van der Waals surface area contributed by atoms with E-state index in [4.69, 9.17) is 18.9 Å². The van der Waals surface area contributed by atoms with Crippen molar-refractivity contribution in [2.24, 2.45) is 0 Å². The molecular formula is C31H47BrN4O6Sn. The summed E-state index contributed by atoms with van der Waals surface area (Å²) in [6, 6.07) is 4.12. The molecule has 0 aromatic carbocycles. The number of carbonyl (C=O) groups excluding carboxylic acids is 2. The van der Waals surface area contributed by atoms with Gasteiger partial charge in [-0.15, -0.1) is 0 Å². The van der Waals surface area contributed by atoms with Crippen molar-refractivity contribution in [3.8, 4) is 11.5 Å². The van der Waals surface area contributed by atoms with Gasteiger partial charge < -0.3 is 14.4 Å². The number of aromatic nitrogens is 2. The maximum absolute atomic E-state index is 12.1. The minimum Gasteiger partial charge on any atom is -0.490 e. The summed E-state index contributed by atoms with van der Waals surface area (Å²) in [5.74, 6) is 1.49. The maximum atomic E-state index is 12.1. The van der Waals surface area contributed by atoms with Crippen LogP contribution in [0.4, 0.5) is 9.59 Å². The maximum Gasteiger partial charge on any atom is 0.410 e. The first-order chi connectivity index (χ1) is 19.9. The molecule has 0 unspecified atom stereocenters. The van der Waals surface area contributed by atoms with Crippen molar-refractivity contribution in [1.29, 1.82) is 0 Å². The Balaban J connectivity index is 0.000000238. The average Bonchev–Trinajstić information content (AvgIpc) is 2.80. The molecule has 2 aromatic heterocycles. The largest absolute Gasteiger partial charge is 0.490 e. The first kappa shape index (κ1) is 35.2. The monoisotopic (exact) mass is 770 g/mol. The Morgan fingerprint density at radius 1 is 0.791 bits per heavy atom. The van der Waals surface area contributed by atoms with E-state index in [-0.39, 0.29) is 24.3 Å². The third kappa shape index (κ3) is 11.6. The van der Waals surface area contributed by atoms with Crippen molar-refractivity contribution >= 4 is 50.1 Å². The van der Waals surface area contributed by atoms with Gasteiger partial charge in [0.2, 0.25) is 0 Å². The summed E-state index contributed by atoms with van der Waals surface area (Å²) >= 11 is 1.21. The van der Waals surface area contributed by atoms with Crippen LogP contribution >= 0.6 is 15.9 Å². The second-order valence-electron chi connectivity index (χ2n) is 13.9. The number of halogens is 1. The molecule has 0 bridgehead atoms. The van der Waals surface area contributed by atoms with Crippen LogP contribution in [0.3, 0.4) is 0 Å². The molecule has 2 aliphatic heterocycles. The number of ether oxygens (including phenoxy) is 4. The molecular weight excluding hydrogens is 723 g/mol. The summed E-state index contributed by atoms with van der Waals surface area (Å²) in [5.41, 5.74) is -0.928. The van der Waals surface area contributed by atoms with E-state index in [0.29, 0.717) is 19.0 Å². The molecule has 10 nitrogen and oxygen atoms in total. The molecule has 2 aliphatic rings. The van der Waals surface area contributed by atoms with Gasteiger partial charge in [-0.1, -0.05) is 0 Å². The third-order valence-electron chi connectivity index (χ3n) is 6.69. The molecule has 4 heterocycles. The van der Waals surface area contributed by atoms with Gasteiger partial charge in [0.25, 0.3) is 0 Å². The van der Waals surface area contributed by atoms with Crippen molar-refractivity contribution in [3.05, 3.63) is 41.4 Å². The van der Waals surface area contributed by atoms with E-state index < -0.39 is 29.6 Å². The normalized spacial score (nSPS) is 18.4. The Bertz CT molecular complexity index is 1240. The predicted octanol–water partition coefficient (Wildman–Crippen LogP) is 6.25. The number of likely N-dealkylation sites (tertiary alicyclic amines) is 2. The molecule has 2 saturated heterocycles. The van der Waals surface area contributed by atoms with Crippen molar-refractivity contribution in [1.82, 2.24) is 19.8 Å². The number of hydrogen-bond donors (Lipinski definition) is 0. The Morgan fingerprint density at radius 3 is 1.60 bits per heavy atom. The van der Waals surface area contributed by atoms with Crippen LogP contribution in [0.1, 0.15) is 54.4 Å². The molecule has 238 valence electrons. The van der Waals surface area contributed by atoms with Crippen LogP contribution in [-0.4, -0.2) is 99.9 Å². The number of hydrogen-bond acceptors (Lipinski definition) is 8. The summed E-state index contributed by atoms with van der Waals surface area (Å²) in [4.78, 5) is 42.9. The molecule has 0 saturated carbocycles. The molecule has 12 heteroatoms. The van der Waals surface area contributed by atoms with Gasteiger partial charge in [-0.2, -0.15) is 0 Å². The summed E-state index contributed by atoms with van der Waals surface area (Å²) in [6.45, 7) is 13.6. The fourth-order valence-corrected chi connectivity index (χ4v) is 7.42. The zero-order chi connectivity index (χ0) is 32.0. The van der Waals surface area contributed by atoms with E-state index >= 15 is 0 Å². The zero-order valence-corrected chi connectivity index (χ0v) is 31.4. The Kier molecular flexibility index (Phi) is 12.0. The van der Waals surface area contributed by atoms with Crippen LogP contribution in [0.5, 0.6) is 11.5 Å². The molecule has 0 N–H and O–H groups in total. The Morgan fingerprint density at radius 2 is 1.23 bits per heavy atom. The van der Waals surface area contributed by atoms with Gasteiger partial charge in [0, 0.05) is 17.2 Å². The van der Waals surface area contributed by atoms with Gasteiger partial charge in [0.05, 0.1) is 12.2 Å². The minimum atomic E-state index is -2.13. The first-order valence-electron chi connectivity index (χ1n) is 14.7. The quantitative estimate of drug-likeness (QED) is 0.305. The van der Waals surface area contributed by atoms with Gasteiger partial charge in [-0.3, -0.25) is 4.98 Å². The summed E-state index contributed by atoms with van der Waals surface area (Å²) < 4.78 is 24.5. The molecule has 0 spiro atoms. The first-order valence-corrected chi connectivity index (χ1v) is 25.5. The molecule has 0 aliphatic carbocycles. The van der Waals surface area contributed by atoms with Crippen LogP contribution in [0.15, 0.2) is 41.4 Å². The molecule has 2 aromatic rings. The smallest absolute Gasteiger partial charge is 0.410 e. The molecule has 43 heavy (non-hydrogen) atoms. The Labute approximate surface area is 268 Å². The number of pyridine rings is 2. The molecule has 2 fully saturated rings. The zero-order valence-electron chi connectivity index (χ0n) is 27.0. The van der Waals surface area contributed by atoms with Gasteiger partial charge in [-0.05, 0) is 49.2 Å². The number of nitrogens with zero attached hydrogens (tertiary/aromatic N) is 4. The van der Waals surface area contributed by atoms with Crippen LogP contribution in [-0.2, 0) is 9.47 Å². The van der Waals surface area contributed by atoms with Crippen LogP contribution in [0, 0.1) is 0 Å². The van der Waals surface area contributed by atoms with Crippen molar-refractivity contribution in [3.63, 3.8) is 0 Å². The summed E-state index contributed by atoms with van der Waals surface area (Å²) in [5, 5.41) is 0. The van der Waals surface area contributed by atoms with E-state index in [1.807, 2.05) is 53.8 Å². The molecule has 0 radical (unpaired) electrons. The number of rotatable bonds is 7. The summed E-state index contributed by atoms with van der Waals surface area (Å²) in [6.07, 6.45) is 8.41. The van der Waals surface area contributed by atoms with Crippen LogP contribution in [0.2, 0.25) is 14.8 Å². The molecule has 2 amide bonds. The van der Waals surface area contributed by atoms with Gasteiger partial charge in [0.1, 0.15) is 18.0 Å². The van der Waals surface area contributed by atoms with Crippen molar-refractivity contribution in [2.75, 3.05) is 26.3 Å². The van der Waals surface area contributed by atoms with E-state index in [1.54, 1.807) is 28.4 Å². The fraction of sp³-hybridized carbons (Fsp3) is 0.613. The van der Waals surface area contributed by atoms with Gasteiger partial charge >= 0.3 is 149 Å². The van der Waals surface area contributed by atoms with E-state index in [1.165, 1.54) is 3.58 Å². The molecule has 2 atom stereocenters. The summed E-state index contributed by atoms with van der Waals surface area (Å²) in [7, 11) is 0. The molecule has 4 rings (SSSR count). The Hall–Kier alpha value is -2.28. The second kappa shape index (κ2) is 14.7. The van der Waals surface area contributed by atoms with Gasteiger partial charge in [-0.25, -0.2) is 4.79 Å². The average molecular weight is 770 g/mol. The minimum absolute atomic E-state index is 0.0730. The van der Waals surface area contributed by atoms with Crippen molar-refractivity contribution in [2.45, 2.75) is 92.5 Å². The van der Waals surface area contributed by atoms with Crippen LogP contribution in [0.25, 0.3) is 0 Å². The predicted molar refractivity (Wildman–Crippen MR) is 173 cm³/mol. The topological polar surface area (TPSA) is 103 Å². The third-order valence-corrected chi connectivity index (χ3v) is 12.8. The van der Waals surface area contributed by atoms with Gasteiger partial charge in [0.15, 0.2) is 0 Å². The van der Waals surface area contributed by atoms with Crippen LogP contribution < -0.4 is 13.1 Å². The van der Waals surface area contributed by atoms with E-state index in [2.05, 4.69) is 46.8 Å².